The lowest BCUT2D eigenvalue weighted by molar-refractivity contribution is 0.412. The molecule has 104 valence electrons. The lowest BCUT2D eigenvalue weighted by Gasteiger charge is -2.07. The topological polar surface area (TPSA) is 43.4 Å². The van der Waals surface area contributed by atoms with Gasteiger partial charge in [0.15, 0.2) is 0 Å². The zero-order chi connectivity index (χ0) is 13.8. The second-order valence-corrected chi connectivity index (χ2v) is 4.94. The summed E-state index contributed by atoms with van der Waals surface area (Å²) < 4.78 is 10.8. The second kappa shape index (κ2) is 5.92. The van der Waals surface area contributed by atoms with E-state index in [1.807, 2.05) is 42.6 Å². The summed E-state index contributed by atoms with van der Waals surface area (Å²) in [6, 6.07) is 12.1. The fourth-order valence-corrected chi connectivity index (χ4v) is 1.89. The number of nitrogens with zero attached hydrogens (tertiary/aromatic N) is 1. The van der Waals surface area contributed by atoms with Crippen LogP contribution in [0.1, 0.15) is 18.4 Å². The van der Waals surface area contributed by atoms with E-state index in [-0.39, 0.29) is 0 Å². The second-order valence-electron chi connectivity index (χ2n) is 4.94. The SMILES string of the molecule is COc1ccc(Oc2ccc(CNC3CC3)cn2)cc1. The smallest absolute Gasteiger partial charge is 0.219 e. The molecule has 0 bridgehead atoms. The van der Waals surface area contributed by atoms with Crippen LogP contribution in [-0.2, 0) is 6.54 Å². The fraction of sp³-hybridized carbons (Fsp3) is 0.312. The molecule has 2 aromatic rings. The highest BCUT2D eigenvalue weighted by atomic mass is 16.5. The molecule has 1 aliphatic carbocycles. The van der Waals surface area contributed by atoms with Crippen LogP contribution in [0.15, 0.2) is 42.6 Å². The number of ether oxygens (including phenoxy) is 2. The first kappa shape index (κ1) is 12.9. The van der Waals surface area contributed by atoms with Crippen molar-refractivity contribution in [2.24, 2.45) is 0 Å². The van der Waals surface area contributed by atoms with Gasteiger partial charge in [-0.15, -0.1) is 0 Å². The van der Waals surface area contributed by atoms with Crippen molar-refractivity contribution < 1.29 is 9.47 Å². The van der Waals surface area contributed by atoms with Gasteiger partial charge in [-0.05, 0) is 42.7 Å². The number of methoxy groups -OCH3 is 1. The number of aromatic nitrogens is 1. The van der Waals surface area contributed by atoms with Gasteiger partial charge >= 0.3 is 0 Å². The van der Waals surface area contributed by atoms with Gasteiger partial charge in [0.05, 0.1) is 7.11 Å². The minimum absolute atomic E-state index is 0.602. The summed E-state index contributed by atoms with van der Waals surface area (Å²) in [5.74, 6) is 2.17. The molecule has 1 aliphatic rings. The number of rotatable bonds is 6. The molecule has 0 spiro atoms. The van der Waals surface area contributed by atoms with E-state index < -0.39 is 0 Å². The van der Waals surface area contributed by atoms with E-state index in [2.05, 4.69) is 10.3 Å². The highest BCUT2D eigenvalue weighted by molar-refractivity contribution is 5.33. The molecular formula is C16H18N2O2. The Morgan fingerprint density at radius 3 is 2.45 bits per heavy atom. The average molecular weight is 270 g/mol. The van der Waals surface area contributed by atoms with Crippen LogP contribution in [0.3, 0.4) is 0 Å². The van der Waals surface area contributed by atoms with Crippen LogP contribution in [0.25, 0.3) is 0 Å². The zero-order valence-corrected chi connectivity index (χ0v) is 11.5. The van der Waals surface area contributed by atoms with Crippen molar-refractivity contribution in [3.05, 3.63) is 48.2 Å². The molecule has 0 aliphatic heterocycles. The number of nitrogens with one attached hydrogen (secondary N) is 1. The van der Waals surface area contributed by atoms with Crippen molar-refractivity contribution in [3.63, 3.8) is 0 Å². The third-order valence-electron chi connectivity index (χ3n) is 3.25. The Kier molecular flexibility index (Phi) is 3.83. The van der Waals surface area contributed by atoms with Gasteiger partial charge in [-0.2, -0.15) is 0 Å². The van der Waals surface area contributed by atoms with E-state index >= 15 is 0 Å². The molecule has 0 unspecified atom stereocenters. The van der Waals surface area contributed by atoms with Crippen LogP contribution in [0.2, 0.25) is 0 Å². The molecule has 0 saturated heterocycles. The molecule has 4 heteroatoms. The summed E-state index contributed by atoms with van der Waals surface area (Å²) in [5, 5.41) is 3.46. The van der Waals surface area contributed by atoms with Gasteiger partial charge in [0.25, 0.3) is 0 Å². The quantitative estimate of drug-likeness (QED) is 0.875. The molecule has 3 rings (SSSR count). The fourth-order valence-electron chi connectivity index (χ4n) is 1.89. The summed E-state index contributed by atoms with van der Waals surface area (Å²) in [7, 11) is 1.64. The van der Waals surface area contributed by atoms with Crippen molar-refractivity contribution in [2.75, 3.05) is 7.11 Å². The lowest BCUT2D eigenvalue weighted by atomic mass is 10.3. The highest BCUT2D eigenvalue weighted by Gasteiger charge is 2.19. The Balaban J connectivity index is 1.58. The predicted octanol–water partition coefficient (Wildman–Crippen LogP) is 3.13. The molecular weight excluding hydrogens is 252 g/mol. The summed E-state index contributed by atoms with van der Waals surface area (Å²) in [6.45, 7) is 0.875. The van der Waals surface area contributed by atoms with Crippen LogP contribution in [0, 0.1) is 0 Å². The third kappa shape index (κ3) is 3.48. The number of benzene rings is 1. The molecule has 1 aromatic heterocycles. The summed E-state index contributed by atoms with van der Waals surface area (Å²) in [4.78, 5) is 4.32. The number of hydrogen-bond acceptors (Lipinski definition) is 4. The molecule has 0 atom stereocenters. The first-order valence-corrected chi connectivity index (χ1v) is 6.84. The van der Waals surface area contributed by atoms with Crippen LogP contribution in [-0.4, -0.2) is 18.1 Å². The Labute approximate surface area is 118 Å². The lowest BCUT2D eigenvalue weighted by Crippen LogP contribution is -2.15. The van der Waals surface area contributed by atoms with E-state index in [1.165, 1.54) is 18.4 Å². The minimum Gasteiger partial charge on any atom is -0.497 e. The summed E-state index contributed by atoms with van der Waals surface area (Å²) >= 11 is 0. The normalized spacial score (nSPS) is 14.1. The van der Waals surface area contributed by atoms with Crippen LogP contribution in [0.5, 0.6) is 17.4 Å². The van der Waals surface area contributed by atoms with Crippen LogP contribution >= 0.6 is 0 Å². The van der Waals surface area contributed by atoms with E-state index in [4.69, 9.17) is 9.47 Å². The minimum atomic E-state index is 0.602. The van der Waals surface area contributed by atoms with Gasteiger partial charge in [0.1, 0.15) is 11.5 Å². The molecule has 0 radical (unpaired) electrons. The van der Waals surface area contributed by atoms with Gasteiger partial charge in [0.2, 0.25) is 5.88 Å². The maximum absolute atomic E-state index is 5.68. The van der Waals surface area contributed by atoms with Crippen molar-refractivity contribution in [1.29, 1.82) is 0 Å². The first-order valence-electron chi connectivity index (χ1n) is 6.84. The van der Waals surface area contributed by atoms with Crippen molar-refractivity contribution in [2.45, 2.75) is 25.4 Å². The molecule has 1 aromatic carbocycles. The Morgan fingerprint density at radius 1 is 1.10 bits per heavy atom. The molecule has 0 amide bonds. The molecule has 1 fully saturated rings. The Morgan fingerprint density at radius 2 is 1.85 bits per heavy atom. The largest absolute Gasteiger partial charge is 0.497 e. The standard InChI is InChI=1S/C16H18N2O2/c1-19-14-5-7-15(8-6-14)20-16-9-2-12(11-18-16)10-17-13-3-4-13/h2,5-9,11,13,17H,3-4,10H2,1H3. The number of hydrogen-bond donors (Lipinski definition) is 1. The molecule has 1 saturated carbocycles. The van der Waals surface area contributed by atoms with Gasteiger partial charge in [-0.1, -0.05) is 6.07 Å². The van der Waals surface area contributed by atoms with E-state index in [9.17, 15) is 0 Å². The molecule has 4 nitrogen and oxygen atoms in total. The first-order chi connectivity index (χ1) is 9.83. The molecule has 1 N–H and O–H groups in total. The van der Waals surface area contributed by atoms with Crippen molar-refractivity contribution in [1.82, 2.24) is 10.3 Å². The summed E-state index contributed by atoms with van der Waals surface area (Å²) in [5.41, 5.74) is 1.18. The maximum atomic E-state index is 5.68. The van der Waals surface area contributed by atoms with E-state index in [0.717, 1.165) is 18.0 Å². The Hall–Kier alpha value is -2.07. The van der Waals surface area contributed by atoms with Gasteiger partial charge in [-0.3, -0.25) is 0 Å². The zero-order valence-electron chi connectivity index (χ0n) is 11.5. The van der Waals surface area contributed by atoms with E-state index in [1.54, 1.807) is 7.11 Å². The predicted molar refractivity (Wildman–Crippen MR) is 77.2 cm³/mol. The molecule has 1 heterocycles. The maximum Gasteiger partial charge on any atom is 0.219 e. The summed E-state index contributed by atoms with van der Waals surface area (Å²) in [6.07, 6.45) is 4.45. The van der Waals surface area contributed by atoms with Crippen LogP contribution < -0.4 is 14.8 Å². The molecule has 20 heavy (non-hydrogen) atoms. The van der Waals surface area contributed by atoms with Gasteiger partial charge in [0, 0.05) is 24.8 Å². The Bertz CT molecular complexity index is 548. The van der Waals surface area contributed by atoms with Gasteiger partial charge in [-0.25, -0.2) is 4.98 Å². The monoisotopic (exact) mass is 270 g/mol. The highest BCUT2D eigenvalue weighted by Crippen LogP contribution is 2.23. The van der Waals surface area contributed by atoms with Crippen molar-refractivity contribution in [3.8, 4) is 17.4 Å². The third-order valence-corrected chi connectivity index (χ3v) is 3.25. The van der Waals surface area contributed by atoms with Gasteiger partial charge < -0.3 is 14.8 Å². The van der Waals surface area contributed by atoms with E-state index in [0.29, 0.717) is 11.9 Å². The van der Waals surface area contributed by atoms with Crippen molar-refractivity contribution >= 4 is 0 Å². The van der Waals surface area contributed by atoms with Crippen LogP contribution in [0.4, 0.5) is 0 Å². The average Bonchev–Trinajstić information content (AvgIpc) is 3.32. The number of pyridine rings is 1.